The van der Waals surface area contributed by atoms with Gasteiger partial charge in [-0.3, -0.25) is 4.99 Å². The molecule has 6 heteroatoms. The Morgan fingerprint density at radius 1 is 1.32 bits per heavy atom. The molecule has 0 saturated carbocycles. The van der Waals surface area contributed by atoms with E-state index in [-0.39, 0.29) is 6.04 Å². The molecule has 0 aromatic rings. The molecule has 6 nitrogen and oxygen atoms in total. The Bertz CT molecular complexity index is 371. The highest BCUT2D eigenvalue weighted by atomic mass is 16.6. The highest BCUT2D eigenvalue weighted by Gasteiger charge is 2.19. The van der Waals surface area contributed by atoms with Gasteiger partial charge in [0.25, 0.3) is 0 Å². The maximum atomic E-state index is 11.9. The molecule has 1 aliphatic heterocycles. The molecule has 128 valence electrons. The lowest BCUT2D eigenvalue weighted by Gasteiger charge is -2.28. The van der Waals surface area contributed by atoms with Crippen LogP contribution in [0.4, 0.5) is 4.79 Å². The quantitative estimate of drug-likeness (QED) is 0.604. The van der Waals surface area contributed by atoms with Crippen LogP contribution in [0.2, 0.25) is 0 Å². The van der Waals surface area contributed by atoms with E-state index in [9.17, 15) is 4.79 Å². The van der Waals surface area contributed by atoms with Crippen molar-refractivity contribution in [3.05, 3.63) is 0 Å². The van der Waals surface area contributed by atoms with Gasteiger partial charge in [-0.05, 0) is 46.5 Å². The molecule has 3 N–H and O–H groups in total. The average Bonchev–Trinajstić information content (AvgIpc) is 2.43. The Balaban J connectivity index is 2.50. The number of carbonyl (C=O) groups excluding carboxylic acids is 1. The van der Waals surface area contributed by atoms with Gasteiger partial charge in [0.15, 0.2) is 5.96 Å². The van der Waals surface area contributed by atoms with E-state index in [4.69, 9.17) is 10.5 Å². The number of hydrogen-bond donors (Lipinski definition) is 2. The van der Waals surface area contributed by atoms with E-state index in [0.29, 0.717) is 12.5 Å². The zero-order valence-electron chi connectivity index (χ0n) is 14.5. The molecular formula is C16H32N4O2. The summed E-state index contributed by atoms with van der Waals surface area (Å²) in [4.78, 5) is 18.5. The summed E-state index contributed by atoms with van der Waals surface area (Å²) < 4.78 is 5.30. The van der Waals surface area contributed by atoms with E-state index in [1.165, 1.54) is 19.3 Å². The Kier molecular flexibility index (Phi) is 7.48. The van der Waals surface area contributed by atoms with Crippen LogP contribution in [0.25, 0.3) is 0 Å². The van der Waals surface area contributed by atoms with Crippen molar-refractivity contribution < 1.29 is 9.53 Å². The maximum Gasteiger partial charge on any atom is 0.407 e. The van der Waals surface area contributed by atoms with Crippen LogP contribution in [0.3, 0.4) is 0 Å². The second-order valence-corrected chi connectivity index (χ2v) is 6.88. The lowest BCUT2D eigenvalue weighted by Crippen LogP contribution is -2.43. The molecule has 1 atom stereocenters. The first-order chi connectivity index (χ1) is 10.3. The van der Waals surface area contributed by atoms with Gasteiger partial charge in [0.1, 0.15) is 5.60 Å². The summed E-state index contributed by atoms with van der Waals surface area (Å²) in [5.74, 6) is 0.590. The Morgan fingerprint density at radius 3 is 2.50 bits per heavy atom. The third kappa shape index (κ3) is 7.52. The van der Waals surface area contributed by atoms with Crippen molar-refractivity contribution in [3.8, 4) is 0 Å². The summed E-state index contributed by atoms with van der Waals surface area (Å²) in [6.07, 6.45) is 5.05. The average molecular weight is 312 g/mol. The maximum absolute atomic E-state index is 11.9. The smallest absolute Gasteiger partial charge is 0.407 e. The molecule has 1 amide bonds. The monoisotopic (exact) mass is 312 g/mol. The minimum Gasteiger partial charge on any atom is -0.444 e. The van der Waals surface area contributed by atoms with E-state index < -0.39 is 11.7 Å². The SMILES string of the molecule is CCCC(CN=C(N)N1CCCCC1)NC(=O)OC(C)(C)C. The number of rotatable bonds is 5. The summed E-state index contributed by atoms with van der Waals surface area (Å²) >= 11 is 0. The highest BCUT2D eigenvalue weighted by Crippen LogP contribution is 2.09. The van der Waals surface area contributed by atoms with E-state index in [1.807, 2.05) is 20.8 Å². The molecule has 1 saturated heterocycles. The Labute approximate surface area is 134 Å². The molecular weight excluding hydrogens is 280 g/mol. The fourth-order valence-corrected chi connectivity index (χ4v) is 2.46. The molecule has 1 aliphatic rings. The number of nitrogens with two attached hydrogens (primary N) is 1. The summed E-state index contributed by atoms with van der Waals surface area (Å²) in [7, 11) is 0. The zero-order chi connectivity index (χ0) is 16.6. The van der Waals surface area contributed by atoms with E-state index in [2.05, 4.69) is 22.1 Å². The van der Waals surface area contributed by atoms with Crippen LogP contribution in [0, 0.1) is 0 Å². The number of nitrogens with zero attached hydrogens (tertiary/aromatic N) is 2. The summed E-state index contributed by atoms with van der Waals surface area (Å²) in [5.41, 5.74) is 5.57. The largest absolute Gasteiger partial charge is 0.444 e. The van der Waals surface area contributed by atoms with Gasteiger partial charge in [0.2, 0.25) is 0 Å². The van der Waals surface area contributed by atoms with Crippen molar-refractivity contribution in [3.63, 3.8) is 0 Å². The van der Waals surface area contributed by atoms with Gasteiger partial charge < -0.3 is 20.7 Å². The molecule has 0 aliphatic carbocycles. The van der Waals surface area contributed by atoms with Gasteiger partial charge in [-0.15, -0.1) is 0 Å². The molecule has 22 heavy (non-hydrogen) atoms. The third-order valence-electron chi connectivity index (χ3n) is 3.51. The fourth-order valence-electron chi connectivity index (χ4n) is 2.46. The molecule has 1 heterocycles. The third-order valence-corrected chi connectivity index (χ3v) is 3.51. The minimum absolute atomic E-state index is 0.0387. The van der Waals surface area contributed by atoms with Crippen LogP contribution in [-0.2, 0) is 4.74 Å². The number of piperidine rings is 1. The van der Waals surface area contributed by atoms with Crippen LogP contribution in [-0.4, -0.2) is 48.2 Å². The minimum atomic E-state index is -0.489. The van der Waals surface area contributed by atoms with Crippen molar-refractivity contribution in [2.45, 2.75) is 71.4 Å². The van der Waals surface area contributed by atoms with Crippen LogP contribution < -0.4 is 11.1 Å². The first kappa shape index (κ1) is 18.6. The fraction of sp³-hybridized carbons (Fsp3) is 0.875. The molecule has 0 spiro atoms. The first-order valence-corrected chi connectivity index (χ1v) is 8.36. The van der Waals surface area contributed by atoms with E-state index in [0.717, 1.165) is 25.9 Å². The molecule has 0 bridgehead atoms. The summed E-state index contributed by atoms with van der Waals surface area (Å²) in [6.45, 7) is 10.1. The number of amides is 1. The van der Waals surface area contributed by atoms with Crippen molar-refractivity contribution in [2.24, 2.45) is 10.7 Å². The topological polar surface area (TPSA) is 80.0 Å². The molecule has 1 rings (SSSR count). The lowest BCUT2D eigenvalue weighted by molar-refractivity contribution is 0.0503. The van der Waals surface area contributed by atoms with Crippen molar-refractivity contribution in [2.75, 3.05) is 19.6 Å². The predicted octanol–water partition coefficient (Wildman–Crippen LogP) is 2.48. The van der Waals surface area contributed by atoms with Crippen LogP contribution in [0.1, 0.15) is 59.8 Å². The molecule has 0 aromatic heterocycles. The summed E-state index contributed by atoms with van der Waals surface area (Å²) in [6, 6.07) is -0.0387. The summed E-state index contributed by atoms with van der Waals surface area (Å²) in [5, 5.41) is 2.89. The lowest BCUT2D eigenvalue weighted by atomic mass is 10.1. The van der Waals surface area contributed by atoms with Crippen LogP contribution >= 0.6 is 0 Å². The number of aliphatic imine (C=N–C) groups is 1. The Morgan fingerprint density at radius 2 is 1.95 bits per heavy atom. The van der Waals surface area contributed by atoms with E-state index in [1.54, 1.807) is 0 Å². The number of alkyl carbamates (subject to hydrolysis) is 1. The Hall–Kier alpha value is -1.46. The predicted molar refractivity (Wildman–Crippen MR) is 90.0 cm³/mol. The molecule has 0 radical (unpaired) electrons. The van der Waals surface area contributed by atoms with Crippen molar-refractivity contribution in [1.82, 2.24) is 10.2 Å². The second kappa shape index (κ2) is 8.86. The normalized spacial score (nSPS) is 18.0. The van der Waals surface area contributed by atoms with Gasteiger partial charge in [-0.2, -0.15) is 0 Å². The number of nitrogens with one attached hydrogen (secondary N) is 1. The number of hydrogen-bond acceptors (Lipinski definition) is 3. The van der Waals surface area contributed by atoms with Crippen LogP contribution in [0.5, 0.6) is 0 Å². The van der Waals surface area contributed by atoms with Crippen molar-refractivity contribution in [1.29, 1.82) is 0 Å². The zero-order valence-corrected chi connectivity index (χ0v) is 14.5. The highest BCUT2D eigenvalue weighted by molar-refractivity contribution is 5.78. The number of ether oxygens (including phenoxy) is 1. The van der Waals surface area contributed by atoms with Crippen LogP contribution in [0.15, 0.2) is 4.99 Å². The van der Waals surface area contributed by atoms with Gasteiger partial charge in [-0.25, -0.2) is 4.79 Å². The standard InChI is InChI=1S/C16H32N4O2/c1-5-9-13(19-15(21)22-16(2,3)4)12-18-14(17)20-10-7-6-8-11-20/h13H,5-12H2,1-4H3,(H2,17,18)(H,19,21). The van der Waals surface area contributed by atoms with E-state index >= 15 is 0 Å². The second-order valence-electron chi connectivity index (χ2n) is 6.88. The molecule has 1 fully saturated rings. The molecule has 0 aromatic carbocycles. The number of guanidine groups is 1. The number of likely N-dealkylation sites (tertiary alicyclic amines) is 1. The van der Waals surface area contributed by atoms with Gasteiger partial charge in [0.05, 0.1) is 12.6 Å². The first-order valence-electron chi connectivity index (χ1n) is 8.36. The number of carbonyl (C=O) groups is 1. The van der Waals surface area contributed by atoms with Crippen molar-refractivity contribution >= 4 is 12.1 Å². The van der Waals surface area contributed by atoms with Gasteiger partial charge in [-0.1, -0.05) is 13.3 Å². The van der Waals surface area contributed by atoms with Gasteiger partial charge in [0, 0.05) is 13.1 Å². The van der Waals surface area contributed by atoms with Gasteiger partial charge >= 0.3 is 6.09 Å². The molecule has 1 unspecified atom stereocenters.